The van der Waals surface area contributed by atoms with Crippen LogP contribution in [0.2, 0.25) is 0 Å². The third-order valence-corrected chi connectivity index (χ3v) is 7.65. The van der Waals surface area contributed by atoms with E-state index in [2.05, 4.69) is 22.2 Å². The SMILES string of the molecule is C=N/C(=N\OC)c1ccc(NC(=O)CN(C(=O)C2CCS(=O)(=O)CC2)c2c(C)cccc2C)cc1. The van der Waals surface area contributed by atoms with Gasteiger partial charge in [0, 0.05) is 17.2 Å². The smallest absolute Gasteiger partial charge is 0.244 e. The first-order valence-corrected chi connectivity index (χ1v) is 13.0. The zero-order valence-corrected chi connectivity index (χ0v) is 21.0. The Kier molecular flexibility index (Phi) is 8.39. The maximum absolute atomic E-state index is 13.5. The third kappa shape index (κ3) is 6.54. The van der Waals surface area contributed by atoms with Crippen molar-refractivity contribution >= 4 is 45.6 Å². The van der Waals surface area contributed by atoms with Gasteiger partial charge < -0.3 is 15.1 Å². The predicted molar refractivity (Wildman–Crippen MR) is 138 cm³/mol. The van der Waals surface area contributed by atoms with Crippen molar-refractivity contribution in [1.29, 1.82) is 0 Å². The maximum atomic E-state index is 13.5. The molecule has 0 saturated carbocycles. The van der Waals surface area contributed by atoms with Crippen LogP contribution in [0.1, 0.15) is 29.5 Å². The number of nitrogens with zero attached hydrogens (tertiary/aromatic N) is 3. The van der Waals surface area contributed by atoms with Crippen molar-refractivity contribution in [2.45, 2.75) is 26.7 Å². The predicted octanol–water partition coefficient (Wildman–Crippen LogP) is 3.11. The minimum absolute atomic E-state index is 0.0174. The molecular weight excluding hydrogens is 468 g/mol. The Balaban J connectivity index is 1.81. The van der Waals surface area contributed by atoms with Crippen molar-refractivity contribution < 1.29 is 22.8 Å². The summed E-state index contributed by atoms with van der Waals surface area (Å²) in [6.45, 7) is 7.04. The second kappa shape index (κ2) is 11.3. The van der Waals surface area contributed by atoms with Gasteiger partial charge in [-0.25, -0.2) is 13.4 Å². The first kappa shape index (κ1) is 26.1. The lowest BCUT2D eigenvalue weighted by atomic mass is 9.99. The number of aliphatic imine (C=N–C) groups is 1. The summed E-state index contributed by atoms with van der Waals surface area (Å²) in [6.07, 6.45) is 0.517. The first-order chi connectivity index (χ1) is 16.6. The number of carbonyl (C=O) groups is 2. The number of anilines is 2. The molecule has 0 spiro atoms. The van der Waals surface area contributed by atoms with Gasteiger partial charge in [0.25, 0.3) is 0 Å². The Bertz CT molecular complexity index is 1200. The number of benzene rings is 2. The van der Waals surface area contributed by atoms with E-state index in [4.69, 9.17) is 4.84 Å². The van der Waals surface area contributed by atoms with E-state index in [0.29, 0.717) is 22.8 Å². The highest BCUT2D eigenvalue weighted by Gasteiger charge is 2.33. The molecule has 1 heterocycles. The van der Waals surface area contributed by atoms with Crippen molar-refractivity contribution in [3.8, 4) is 0 Å². The van der Waals surface area contributed by atoms with Crippen LogP contribution < -0.4 is 10.2 Å². The molecule has 0 radical (unpaired) electrons. The number of sulfone groups is 1. The summed E-state index contributed by atoms with van der Waals surface area (Å²) >= 11 is 0. The van der Waals surface area contributed by atoms with E-state index >= 15 is 0 Å². The van der Waals surface area contributed by atoms with Gasteiger partial charge in [-0.1, -0.05) is 23.4 Å². The second-order valence-electron chi connectivity index (χ2n) is 8.47. The molecular formula is C25H30N4O5S. The Morgan fingerprint density at radius 3 is 2.23 bits per heavy atom. The Hall–Kier alpha value is -3.53. The lowest BCUT2D eigenvalue weighted by molar-refractivity contribution is -0.124. The van der Waals surface area contributed by atoms with E-state index in [0.717, 1.165) is 11.1 Å². The number of oxime groups is 1. The number of nitrogens with one attached hydrogen (secondary N) is 1. The fourth-order valence-electron chi connectivity index (χ4n) is 4.16. The van der Waals surface area contributed by atoms with Crippen molar-refractivity contribution in [3.63, 3.8) is 0 Å². The van der Waals surface area contributed by atoms with Crippen molar-refractivity contribution in [1.82, 2.24) is 0 Å². The molecule has 2 aromatic carbocycles. The van der Waals surface area contributed by atoms with E-state index in [9.17, 15) is 18.0 Å². The molecule has 0 aliphatic carbocycles. The Morgan fingerprint density at radius 1 is 1.09 bits per heavy atom. The number of amidine groups is 1. The maximum Gasteiger partial charge on any atom is 0.244 e. The molecule has 35 heavy (non-hydrogen) atoms. The molecule has 0 aromatic heterocycles. The van der Waals surface area contributed by atoms with Crippen LogP contribution in [0.25, 0.3) is 0 Å². The fraction of sp³-hybridized carbons (Fsp3) is 0.360. The molecule has 2 aromatic rings. The Labute approximate surface area is 205 Å². The average Bonchev–Trinajstić information content (AvgIpc) is 2.82. The highest BCUT2D eigenvalue weighted by atomic mass is 32.2. The molecule has 1 aliphatic rings. The minimum atomic E-state index is -3.11. The number of amides is 2. The van der Waals surface area contributed by atoms with Crippen LogP contribution in [-0.2, 0) is 24.3 Å². The molecule has 1 fully saturated rings. The summed E-state index contributed by atoms with van der Waals surface area (Å²) in [5, 5.41) is 6.61. The lowest BCUT2D eigenvalue weighted by Gasteiger charge is -2.31. The van der Waals surface area contributed by atoms with E-state index in [1.54, 1.807) is 24.3 Å². The molecule has 0 unspecified atom stereocenters. The number of hydrogen-bond acceptors (Lipinski definition) is 6. The summed E-state index contributed by atoms with van der Waals surface area (Å²) in [5.74, 6) is -0.779. The van der Waals surface area contributed by atoms with Gasteiger partial charge in [-0.3, -0.25) is 9.59 Å². The van der Waals surface area contributed by atoms with Gasteiger partial charge in [-0.15, -0.1) is 0 Å². The van der Waals surface area contributed by atoms with Crippen molar-refractivity contribution in [3.05, 3.63) is 59.2 Å². The van der Waals surface area contributed by atoms with E-state index in [1.807, 2.05) is 32.0 Å². The number of aryl methyl sites for hydroxylation is 2. The fourth-order valence-corrected chi connectivity index (χ4v) is 5.65. The summed E-state index contributed by atoms with van der Waals surface area (Å²) in [4.78, 5) is 36.6. The summed E-state index contributed by atoms with van der Waals surface area (Å²) in [5.41, 5.74) is 3.60. The van der Waals surface area contributed by atoms with Gasteiger partial charge >= 0.3 is 0 Å². The van der Waals surface area contributed by atoms with E-state index < -0.39 is 15.8 Å². The highest BCUT2D eigenvalue weighted by molar-refractivity contribution is 7.91. The van der Waals surface area contributed by atoms with Crippen LogP contribution in [0.3, 0.4) is 0 Å². The third-order valence-electron chi connectivity index (χ3n) is 5.94. The minimum Gasteiger partial charge on any atom is -0.397 e. The van der Waals surface area contributed by atoms with Crippen LogP contribution in [-0.4, -0.2) is 57.9 Å². The monoisotopic (exact) mass is 498 g/mol. The van der Waals surface area contributed by atoms with E-state index in [1.165, 1.54) is 12.0 Å². The van der Waals surface area contributed by atoms with Gasteiger partial charge in [0.1, 0.15) is 23.5 Å². The van der Waals surface area contributed by atoms with Crippen LogP contribution in [0.4, 0.5) is 11.4 Å². The lowest BCUT2D eigenvalue weighted by Crippen LogP contribution is -2.44. The molecule has 3 rings (SSSR count). The summed E-state index contributed by atoms with van der Waals surface area (Å²) in [6, 6.07) is 12.5. The van der Waals surface area contributed by atoms with Gasteiger partial charge in [0.2, 0.25) is 11.8 Å². The zero-order valence-electron chi connectivity index (χ0n) is 20.2. The number of rotatable bonds is 7. The number of hydrogen-bond donors (Lipinski definition) is 1. The first-order valence-electron chi connectivity index (χ1n) is 11.2. The molecule has 1 aliphatic heterocycles. The van der Waals surface area contributed by atoms with Crippen LogP contribution in [0.15, 0.2) is 52.6 Å². The topological polar surface area (TPSA) is 118 Å². The molecule has 0 atom stereocenters. The van der Waals surface area contributed by atoms with Crippen LogP contribution >= 0.6 is 0 Å². The molecule has 186 valence electrons. The molecule has 1 N–H and O–H groups in total. The van der Waals surface area contributed by atoms with Gasteiger partial charge in [0.15, 0.2) is 5.84 Å². The van der Waals surface area contributed by atoms with Crippen molar-refractivity contribution in [2.24, 2.45) is 16.1 Å². The number of para-hydroxylation sites is 1. The normalized spacial score (nSPS) is 15.8. The van der Waals surface area contributed by atoms with Gasteiger partial charge in [-0.2, -0.15) is 0 Å². The zero-order chi connectivity index (χ0) is 25.6. The molecule has 1 saturated heterocycles. The van der Waals surface area contributed by atoms with Gasteiger partial charge in [-0.05, 0) is 68.8 Å². The molecule has 10 heteroatoms. The van der Waals surface area contributed by atoms with E-state index in [-0.39, 0.29) is 42.7 Å². The van der Waals surface area contributed by atoms with Gasteiger partial charge in [0.05, 0.1) is 17.2 Å². The Morgan fingerprint density at radius 2 is 1.69 bits per heavy atom. The standard InChI is InChI=1S/C25H30N4O5S/c1-17-6-5-7-18(2)23(17)29(25(31)20-12-14-35(32,33)15-13-20)16-22(30)27-21-10-8-19(9-11-21)24(26-3)28-34-4/h5-11,20H,3,12-16H2,1-2,4H3,(H,27,30)/b28-24-. The number of carbonyl (C=O) groups excluding carboxylic acids is 2. The second-order valence-corrected chi connectivity index (χ2v) is 10.8. The molecule has 0 bridgehead atoms. The van der Waals surface area contributed by atoms with Crippen LogP contribution in [0.5, 0.6) is 0 Å². The average molecular weight is 499 g/mol. The quantitative estimate of drug-likeness (QED) is 0.358. The molecule has 2 amide bonds. The summed E-state index contributed by atoms with van der Waals surface area (Å²) in [7, 11) is -1.70. The summed E-state index contributed by atoms with van der Waals surface area (Å²) < 4.78 is 23.7. The van der Waals surface area contributed by atoms with Crippen molar-refractivity contribution in [2.75, 3.05) is 35.4 Å². The highest BCUT2D eigenvalue weighted by Crippen LogP contribution is 2.29. The van der Waals surface area contributed by atoms with Crippen LogP contribution in [0, 0.1) is 19.8 Å². The largest absolute Gasteiger partial charge is 0.397 e. The molecule has 9 nitrogen and oxygen atoms in total.